The molecular formula is C7H9N3O. The highest BCUT2D eigenvalue weighted by molar-refractivity contribution is 5.78. The number of nitrogens with zero attached hydrogens (tertiary/aromatic N) is 2. The molecular weight excluding hydrogens is 142 g/mol. The third-order valence-electron chi connectivity index (χ3n) is 1.25. The van der Waals surface area contributed by atoms with E-state index in [1.807, 2.05) is 0 Å². The number of oxime groups is 1. The molecule has 0 aromatic carbocycles. The van der Waals surface area contributed by atoms with Crippen LogP contribution in [0.3, 0.4) is 0 Å². The van der Waals surface area contributed by atoms with Crippen LogP contribution in [0.5, 0.6) is 0 Å². The molecule has 1 aromatic rings. The van der Waals surface area contributed by atoms with Crippen molar-refractivity contribution in [3.63, 3.8) is 0 Å². The molecule has 1 heterocycles. The maximum atomic E-state index is 8.17. The Hall–Kier alpha value is -1.58. The molecule has 0 saturated carbocycles. The molecule has 0 fully saturated rings. The van der Waals surface area contributed by atoms with Crippen LogP contribution >= 0.6 is 0 Å². The molecule has 0 spiro atoms. The van der Waals surface area contributed by atoms with E-state index in [0.29, 0.717) is 0 Å². The van der Waals surface area contributed by atoms with Gasteiger partial charge in [-0.2, -0.15) is 0 Å². The first-order chi connectivity index (χ1) is 5.36. The third kappa shape index (κ3) is 1.93. The zero-order chi connectivity index (χ0) is 8.10. The number of hydrogen-bond acceptors (Lipinski definition) is 4. The van der Waals surface area contributed by atoms with Crippen LogP contribution in [0.25, 0.3) is 0 Å². The molecule has 0 aliphatic carbocycles. The Labute approximate surface area is 64.6 Å². The highest BCUT2D eigenvalue weighted by Gasteiger charge is 1.89. The fourth-order valence-corrected chi connectivity index (χ4v) is 0.696. The van der Waals surface area contributed by atoms with Crippen LogP contribution in [0.4, 0.5) is 5.82 Å². The van der Waals surface area contributed by atoms with E-state index in [4.69, 9.17) is 5.21 Å². The minimum absolute atomic E-state index is 0.770. The van der Waals surface area contributed by atoms with Crippen molar-refractivity contribution in [1.29, 1.82) is 0 Å². The molecule has 1 aromatic heterocycles. The van der Waals surface area contributed by atoms with Crippen molar-refractivity contribution in [3.05, 3.63) is 23.9 Å². The van der Waals surface area contributed by atoms with Crippen molar-refractivity contribution < 1.29 is 5.21 Å². The molecule has 2 N–H and O–H groups in total. The topological polar surface area (TPSA) is 57.5 Å². The second-order valence-corrected chi connectivity index (χ2v) is 1.97. The Bertz CT molecular complexity index is 242. The summed E-state index contributed by atoms with van der Waals surface area (Å²) in [6, 6.07) is 3.61. The van der Waals surface area contributed by atoms with E-state index in [1.165, 1.54) is 6.21 Å². The first kappa shape index (κ1) is 7.53. The summed E-state index contributed by atoms with van der Waals surface area (Å²) in [5, 5.41) is 13.9. The van der Waals surface area contributed by atoms with E-state index in [9.17, 15) is 0 Å². The zero-order valence-corrected chi connectivity index (χ0v) is 6.15. The molecule has 0 bridgehead atoms. The predicted octanol–water partition coefficient (Wildman–Crippen LogP) is 0.931. The minimum atomic E-state index is 0.770. The Morgan fingerprint density at radius 2 is 2.45 bits per heavy atom. The summed E-state index contributed by atoms with van der Waals surface area (Å²) in [6.45, 7) is 0. The van der Waals surface area contributed by atoms with Crippen molar-refractivity contribution in [3.8, 4) is 0 Å². The van der Waals surface area contributed by atoms with Gasteiger partial charge in [-0.3, -0.25) is 0 Å². The van der Waals surface area contributed by atoms with E-state index in [1.54, 1.807) is 25.4 Å². The maximum Gasteiger partial charge on any atom is 0.125 e. The van der Waals surface area contributed by atoms with Crippen LogP contribution in [0, 0.1) is 0 Å². The fraction of sp³-hybridized carbons (Fsp3) is 0.143. The largest absolute Gasteiger partial charge is 0.411 e. The Balaban J connectivity index is 2.82. The van der Waals surface area contributed by atoms with Gasteiger partial charge in [0.05, 0.1) is 6.21 Å². The van der Waals surface area contributed by atoms with E-state index >= 15 is 0 Å². The van der Waals surface area contributed by atoms with Crippen LogP contribution in [0.1, 0.15) is 5.56 Å². The smallest absolute Gasteiger partial charge is 0.125 e. The van der Waals surface area contributed by atoms with Crippen LogP contribution < -0.4 is 5.32 Å². The summed E-state index contributed by atoms with van der Waals surface area (Å²) >= 11 is 0. The quantitative estimate of drug-likeness (QED) is 0.375. The first-order valence-corrected chi connectivity index (χ1v) is 3.18. The average molecular weight is 151 g/mol. The molecule has 0 amide bonds. The van der Waals surface area contributed by atoms with Gasteiger partial charge < -0.3 is 10.5 Å². The third-order valence-corrected chi connectivity index (χ3v) is 1.25. The minimum Gasteiger partial charge on any atom is -0.411 e. The Morgan fingerprint density at radius 3 is 2.91 bits per heavy atom. The van der Waals surface area contributed by atoms with Gasteiger partial charge in [-0.25, -0.2) is 4.98 Å². The van der Waals surface area contributed by atoms with Crippen molar-refractivity contribution in [2.75, 3.05) is 12.4 Å². The lowest BCUT2D eigenvalue weighted by molar-refractivity contribution is 0.322. The Morgan fingerprint density at radius 1 is 1.64 bits per heavy atom. The molecule has 11 heavy (non-hydrogen) atoms. The number of nitrogens with one attached hydrogen (secondary N) is 1. The summed E-state index contributed by atoms with van der Waals surface area (Å²) in [5.74, 6) is 0.792. The Kier molecular flexibility index (Phi) is 2.43. The van der Waals surface area contributed by atoms with Gasteiger partial charge >= 0.3 is 0 Å². The summed E-state index contributed by atoms with van der Waals surface area (Å²) in [7, 11) is 1.79. The van der Waals surface area contributed by atoms with E-state index in [2.05, 4.69) is 15.5 Å². The highest BCUT2D eigenvalue weighted by Crippen LogP contribution is 2.01. The number of anilines is 1. The molecule has 4 heteroatoms. The number of rotatable bonds is 2. The average Bonchev–Trinajstić information content (AvgIpc) is 2.07. The van der Waals surface area contributed by atoms with Gasteiger partial charge in [0.25, 0.3) is 0 Å². The standard InChI is InChI=1S/C7H9N3O/c1-8-7-3-2-6(4-9-7)5-10-11/h2-5,11H,1H3,(H,8,9)/b10-5+. The molecule has 0 aliphatic heterocycles. The van der Waals surface area contributed by atoms with Crippen molar-refractivity contribution >= 4 is 12.0 Å². The lowest BCUT2D eigenvalue weighted by atomic mass is 10.3. The molecule has 0 saturated heterocycles. The number of pyridine rings is 1. The van der Waals surface area contributed by atoms with Crippen LogP contribution in [0.15, 0.2) is 23.5 Å². The predicted molar refractivity (Wildman–Crippen MR) is 43.2 cm³/mol. The van der Waals surface area contributed by atoms with Crippen molar-refractivity contribution in [2.45, 2.75) is 0 Å². The summed E-state index contributed by atoms with van der Waals surface area (Å²) in [4.78, 5) is 4.00. The van der Waals surface area contributed by atoms with Gasteiger partial charge in [0.2, 0.25) is 0 Å². The van der Waals surface area contributed by atoms with Crippen molar-refractivity contribution in [2.24, 2.45) is 5.16 Å². The zero-order valence-electron chi connectivity index (χ0n) is 6.15. The van der Waals surface area contributed by atoms with E-state index in [-0.39, 0.29) is 0 Å². The van der Waals surface area contributed by atoms with Gasteiger partial charge in [0.15, 0.2) is 0 Å². The second-order valence-electron chi connectivity index (χ2n) is 1.97. The van der Waals surface area contributed by atoms with E-state index in [0.717, 1.165) is 11.4 Å². The van der Waals surface area contributed by atoms with Gasteiger partial charge in [-0.05, 0) is 12.1 Å². The molecule has 58 valence electrons. The molecule has 0 radical (unpaired) electrons. The van der Waals surface area contributed by atoms with E-state index < -0.39 is 0 Å². The molecule has 0 unspecified atom stereocenters. The number of hydrogen-bond donors (Lipinski definition) is 2. The molecule has 1 rings (SSSR count). The molecule has 0 aliphatic rings. The maximum absolute atomic E-state index is 8.17. The monoisotopic (exact) mass is 151 g/mol. The van der Waals surface area contributed by atoms with Crippen LogP contribution in [-0.2, 0) is 0 Å². The SMILES string of the molecule is CNc1ccc(/C=N/O)cn1. The summed E-state index contributed by atoms with van der Waals surface area (Å²) in [5.41, 5.74) is 0.770. The molecule has 4 nitrogen and oxygen atoms in total. The highest BCUT2D eigenvalue weighted by atomic mass is 16.4. The normalized spacial score (nSPS) is 10.3. The lowest BCUT2D eigenvalue weighted by Crippen LogP contribution is -1.92. The second kappa shape index (κ2) is 3.55. The van der Waals surface area contributed by atoms with Gasteiger partial charge in [0, 0.05) is 18.8 Å². The van der Waals surface area contributed by atoms with Crippen LogP contribution in [0.2, 0.25) is 0 Å². The lowest BCUT2D eigenvalue weighted by Gasteiger charge is -1.96. The first-order valence-electron chi connectivity index (χ1n) is 3.18. The van der Waals surface area contributed by atoms with Crippen molar-refractivity contribution in [1.82, 2.24) is 4.98 Å². The fourth-order valence-electron chi connectivity index (χ4n) is 0.696. The summed E-state index contributed by atoms with van der Waals surface area (Å²) in [6.07, 6.45) is 2.94. The molecule has 0 atom stereocenters. The van der Waals surface area contributed by atoms with Gasteiger partial charge in [0.1, 0.15) is 5.82 Å². The van der Waals surface area contributed by atoms with Gasteiger partial charge in [-0.15, -0.1) is 0 Å². The van der Waals surface area contributed by atoms with Gasteiger partial charge in [-0.1, -0.05) is 5.16 Å². The number of aromatic nitrogens is 1. The summed E-state index contributed by atoms with van der Waals surface area (Å²) < 4.78 is 0. The van der Waals surface area contributed by atoms with Crippen LogP contribution in [-0.4, -0.2) is 23.5 Å².